The van der Waals surface area contributed by atoms with Crippen LogP contribution in [0.2, 0.25) is 0 Å². The number of allylic oxidation sites excluding steroid dienone is 1. The molecule has 4 nitrogen and oxygen atoms in total. The first kappa shape index (κ1) is 25.7. The topological polar surface area (TPSA) is 43.9 Å². The number of para-hydroxylation sites is 3. The normalized spacial score (nSPS) is 16.0. The second kappa shape index (κ2) is 10.2. The quantitative estimate of drug-likeness (QED) is 0.208. The molecule has 1 aliphatic carbocycles. The zero-order chi connectivity index (χ0) is 29.9. The second-order valence-electron chi connectivity index (χ2n) is 11.8. The molecule has 0 spiro atoms. The first-order chi connectivity index (χ1) is 22.2. The summed E-state index contributed by atoms with van der Waals surface area (Å²) >= 11 is 0. The largest absolute Gasteiger partial charge is 0.460 e. The molecular weight excluding hydrogens is 550 g/mol. The van der Waals surface area contributed by atoms with Crippen LogP contribution in [-0.2, 0) is 0 Å². The maximum Gasteiger partial charge on any atom is 0.160 e. The van der Waals surface area contributed by atoms with E-state index in [2.05, 4.69) is 139 Å². The summed E-state index contributed by atoms with van der Waals surface area (Å²) < 4.78 is 8.73. The summed E-state index contributed by atoms with van der Waals surface area (Å²) in [4.78, 5) is 10.3. The predicted octanol–water partition coefficient (Wildman–Crippen LogP) is 10.6. The summed E-state index contributed by atoms with van der Waals surface area (Å²) in [5.74, 6) is 1.91. The molecule has 0 saturated carbocycles. The highest BCUT2D eigenvalue weighted by atomic mass is 16.3. The highest BCUT2D eigenvalue weighted by Crippen LogP contribution is 2.44. The van der Waals surface area contributed by atoms with Gasteiger partial charge in [0.1, 0.15) is 11.3 Å². The third-order valence-corrected chi connectivity index (χ3v) is 9.21. The van der Waals surface area contributed by atoms with Gasteiger partial charge in [0.2, 0.25) is 0 Å². The number of rotatable bonds is 4. The van der Waals surface area contributed by atoms with Crippen LogP contribution in [0.25, 0.3) is 67.2 Å². The first-order valence-corrected chi connectivity index (χ1v) is 15.5. The van der Waals surface area contributed by atoms with Gasteiger partial charge in [-0.25, -0.2) is 9.97 Å². The number of nitrogens with zero attached hydrogens (tertiary/aromatic N) is 3. The van der Waals surface area contributed by atoms with Crippen molar-refractivity contribution >= 4 is 38.9 Å². The number of fused-ring (bicyclic) bond motifs is 6. The van der Waals surface area contributed by atoms with Gasteiger partial charge in [-0.1, -0.05) is 104 Å². The summed E-state index contributed by atoms with van der Waals surface area (Å²) in [5, 5.41) is 3.66. The van der Waals surface area contributed by atoms with Crippen LogP contribution in [0.1, 0.15) is 35.8 Å². The average molecular weight is 580 g/mol. The Bertz CT molecular complexity index is 2340. The molecule has 4 heteroatoms. The molecule has 0 bridgehead atoms. The minimum Gasteiger partial charge on any atom is -0.460 e. The summed E-state index contributed by atoms with van der Waals surface area (Å²) in [6.07, 6.45) is 4.48. The van der Waals surface area contributed by atoms with E-state index in [0.717, 1.165) is 50.8 Å². The lowest BCUT2D eigenvalue weighted by Crippen LogP contribution is -2.12. The van der Waals surface area contributed by atoms with Crippen LogP contribution in [0.5, 0.6) is 0 Å². The number of hydrogen-bond acceptors (Lipinski definition) is 3. The zero-order valence-corrected chi connectivity index (χ0v) is 24.8. The minimum atomic E-state index is 0.0548. The number of benzene rings is 5. The molecule has 0 saturated heterocycles. The Kier molecular flexibility index (Phi) is 5.82. The highest BCUT2D eigenvalue weighted by molar-refractivity contribution is 6.09. The fourth-order valence-electron chi connectivity index (χ4n) is 6.96. The van der Waals surface area contributed by atoms with Crippen molar-refractivity contribution < 1.29 is 4.42 Å². The molecule has 45 heavy (non-hydrogen) atoms. The maximum absolute atomic E-state index is 6.40. The molecular formula is C41H29N3O. The summed E-state index contributed by atoms with van der Waals surface area (Å²) in [6, 6.07) is 46.6. The van der Waals surface area contributed by atoms with Crippen molar-refractivity contribution in [3.63, 3.8) is 0 Å². The van der Waals surface area contributed by atoms with Crippen LogP contribution >= 0.6 is 0 Å². The van der Waals surface area contributed by atoms with Gasteiger partial charge in [-0.15, -0.1) is 0 Å². The van der Waals surface area contributed by atoms with E-state index >= 15 is 0 Å². The van der Waals surface area contributed by atoms with Gasteiger partial charge in [0, 0.05) is 50.4 Å². The maximum atomic E-state index is 6.40. The lowest BCUT2D eigenvalue weighted by molar-refractivity contribution is 0.477. The molecule has 9 rings (SSSR count). The van der Waals surface area contributed by atoms with Crippen molar-refractivity contribution in [3.8, 4) is 28.3 Å². The Hall–Kier alpha value is -5.74. The zero-order valence-electron chi connectivity index (χ0n) is 24.8. The molecule has 0 fully saturated rings. The van der Waals surface area contributed by atoms with Crippen molar-refractivity contribution in [1.82, 2.24) is 14.5 Å². The smallest absolute Gasteiger partial charge is 0.160 e. The van der Waals surface area contributed by atoms with Gasteiger partial charge in [-0.05, 0) is 48.5 Å². The number of aromatic nitrogens is 3. The molecule has 0 aliphatic heterocycles. The van der Waals surface area contributed by atoms with Crippen LogP contribution in [0.4, 0.5) is 0 Å². The van der Waals surface area contributed by atoms with Crippen LogP contribution < -0.4 is 0 Å². The Morgan fingerprint density at radius 2 is 1.27 bits per heavy atom. The summed E-state index contributed by atoms with van der Waals surface area (Å²) in [5.41, 5.74) is 9.55. The van der Waals surface area contributed by atoms with Crippen molar-refractivity contribution in [2.24, 2.45) is 0 Å². The standard InChI is InChI=1S/C41H29N3O/c1-26-30(23-24-34-33-15-7-10-18-39(33)45-40(26)34)36-25-35(27-11-3-2-4-12-27)42-41(43-36)28-19-21-29(22-20-28)44-37-16-8-5-13-31(37)32-14-6-9-17-38(32)44/h2-26,30H,1H3. The van der Waals surface area contributed by atoms with Gasteiger partial charge in [0.15, 0.2) is 5.82 Å². The first-order valence-electron chi connectivity index (χ1n) is 15.5. The summed E-state index contributed by atoms with van der Waals surface area (Å²) in [6.45, 7) is 2.24. The third kappa shape index (κ3) is 4.14. The Labute approximate surface area is 260 Å². The SMILES string of the molecule is CC1c2oc3ccccc3c2C=CC1c1cc(-c2ccccc2)nc(-c2ccc(-n3c4ccccc4c4ccccc43)cc2)n1. The lowest BCUT2D eigenvalue weighted by Gasteiger charge is -2.24. The van der Waals surface area contributed by atoms with Crippen molar-refractivity contribution in [3.05, 3.63) is 157 Å². The van der Waals surface area contributed by atoms with Crippen molar-refractivity contribution in [1.29, 1.82) is 0 Å². The molecule has 0 amide bonds. The van der Waals surface area contributed by atoms with Gasteiger partial charge in [-0.3, -0.25) is 0 Å². The molecule has 1 aliphatic rings. The van der Waals surface area contributed by atoms with E-state index in [9.17, 15) is 0 Å². The van der Waals surface area contributed by atoms with E-state index in [1.54, 1.807) is 0 Å². The third-order valence-electron chi connectivity index (χ3n) is 9.21. The average Bonchev–Trinajstić information content (AvgIpc) is 3.65. The minimum absolute atomic E-state index is 0.0548. The molecule has 5 aromatic carbocycles. The Morgan fingerprint density at radius 3 is 2.00 bits per heavy atom. The molecule has 8 aromatic rings. The molecule has 214 valence electrons. The van der Waals surface area contributed by atoms with Gasteiger partial charge < -0.3 is 8.98 Å². The van der Waals surface area contributed by atoms with Crippen molar-refractivity contribution in [2.75, 3.05) is 0 Å². The van der Waals surface area contributed by atoms with Gasteiger partial charge in [-0.2, -0.15) is 0 Å². The van der Waals surface area contributed by atoms with Crippen LogP contribution in [-0.4, -0.2) is 14.5 Å². The van der Waals surface area contributed by atoms with Gasteiger partial charge >= 0.3 is 0 Å². The summed E-state index contributed by atoms with van der Waals surface area (Å²) in [7, 11) is 0. The molecule has 0 radical (unpaired) electrons. The fourth-order valence-corrected chi connectivity index (χ4v) is 6.96. The van der Waals surface area contributed by atoms with Crippen molar-refractivity contribution in [2.45, 2.75) is 18.8 Å². The molecule has 3 aromatic heterocycles. The van der Waals surface area contributed by atoms with E-state index in [1.165, 1.54) is 27.4 Å². The Morgan fingerprint density at radius 1 is 0.622 bits per heavy atom. The van der Waals surface area contributed by atoms with E-state index in [-0.39, 0.29) is 11.8 Å². The second-order valence-corrected chi connectivity index (χ2v) is 11.8. The lowest BCUT2D eigenvalue weighted by atomic mass is 9.82. The molecule has 2 unspecified atom stereocenters. The van der Waals surface area contributed by atoms with Crippen LogP contribution in [0.3, 0.4) is 0 Å². The monoisotopic (exact) mass is 579 g/mol. The fraction of sp³-hybridized carbons (Fsp3) is 0.0732. The predicted molar refractivity (Wildman–Crippen MR) is 184 cm³/mol. The number of furan rings is 1. The van der Waals surface area contributed by atoms with Gasteiger partial charge in [0.25, 0.3) is 0 Å². The number of hydrogen-bond donors (Lipinski definition) is 0. The molecule has 2 atom stereocenters. The van der Waals surface area contributed by atoms with E-state index in [0.29, 0.717) is 0 Å². The van der Waals surface area contributed by atoms with E-state index in [4.69, 9.17) is 14.4 Å². The van der Waals surface area contributed by atoms with E-state index in [1.807, 2.05) is 18.2 Å². The van der Waals surface area contributed by atoms with Gasteiger partial charge in [0.05, 0.1) is 22.4 Å². The van der Waals surface area contributed by atoms with E-state index < -0.39 is 0 Å². The highest BCUT2D eigenvalue weighted by Gasteiger charge is 2.30. The Balaban J connectivity index is 1.15. The van der Waals surface area contributed by atoms with Crippen LogP contribution in [0.15, 0.2) is 144 Å². The molecule has 0 N–H and O–H groups in total. The molecule has 3 heterocycles. The van der Waals surface area contributed by atoms with Crippen LogP contribution in [0, 0.1) is 0 Å².